The second-order valence-corrected chi connectivity index (χ2v) is 8.78. The van der Waals surface area contributed by atoms with Crippen molar-refractivity contribution in [3.05, 3.63) is 65.2 Å². The van der Waals surface area contributed by atoms with Crippen molar-refractivity contribution in [1.82, 2.24) is 20.5 Å². The van der Waals surface area contributed by atoms with Crippen LogP contribution >= 0.6 is 0 Å². The van der Waals surface area contributed by atoms with Crippen LogP contribution in [0.3, 0.4) is 0 Å². The number of aryl methyl sites for hydroxylation is 2. The minimum atomic E-state index is -0.164. The first kappa shape index (κ1) is 21.7. The highest BCUT2D eigenvalue weighted by atomic mass is 19.1. The molecular formula is C25H32FN5. The number of nitrogens with one attached hydrogen (secondary N) is 2. The molecule has 5 nitrogen and oxygen atoms in total. The van der Waals surface area contributed by atoms with Crippen LogP contribution in [0.25, 0.3) is 5.70 Å². The maximum Gasteiger partial charge on any atom is 0.126 e. The van der Waals surface area contributed by atoms with Gasteiger partial charge in [0.25, 0.3) is 0 Å². The Kier molecular flexibility index (Phi) is 6.78. The number of nitrogens with zero attached hydrogens (tertiary/aromatic N) is 3. The summed E-state index contributed by atoms with van der Waals surface area (Å²) in [6, 6.07) is 7.25. The van der Waals surface area contributed by atoms with E-state index in [1.807, 2.05) is 24.4 Å². The highest BCUT2D eigenvalue weighted by Gasteiger charge is 2.20. The summed E-state index contributed by atoms with van der Waals surface area (Å²) >= 11 is 0. The summed E-state index contributed by atoms with van der Waals surface area (Å²) in [7, 11) is 2.19. The molecule has 0 aliphatic carbocycles. The van der Waals surface area contributed by atoms with Gasteiger partial charge >= 0.3 is 0 Å². The monoisotopic (exact) mass is 421 g/mol. The normalized spacial score (nSPS) is 17.3. The zero-order valence-corrected chi connectivity index (χ0v) is 18.5. The van der Waals surface area contributed by atoms with Crippen LogP contribution in [0.1, 0.15) is 41.6 Å². The Morgan fingerprint density at radius 1 is 1.23 bits per heavy atom. The molecule has 1 aromatic carbocycles. The third-order valence-electron chi connectivity index (χ3n) is 6.30. The number of hydrogen-bond donors (Lipinski definition) is 2. The minimum absolute atomic E-state index is 0.164. The van der Waals surface area contributed by atoms with E-state index in [0.29, 0.717) is 12.1 Å². The van der Waals surface area contributed by atoms with Crippen molar-refractivity contribution in [2.75, 3.05) is 26.7 Å². The van der Waals surface area contributed by atoms with Crippen molar-refractivity contribution in [2.24, 2.45) is 10.9 Å². The quantitative estimate of drug-likeness (QED) is 0.704. The molecule has 0 spiro atoms. The van der Waals surface area contributed by atoms with Gasteiger partial charge in [-0.05, 0) is 82.0 Å². The molecule has 31 heavy (non-hydrogen) atoms. The zero-order chi connectivity index (χ0) is 21.8. The fraction of sp³-hybridized carbons (Fsp3) is 0.440. The molecule has 0 amide bonds. The summed E-state index contributed by atoms with van der Waals surface area (Å²) in [5, 5.41) is 6.94. The number of halogens is 1. The Morgan fingerprint density at radius 2 is 2.03 bits per heavy atom. The van der Waals surface area contributed by atoms with Crippen LogP contribution in [-0.4, -0.2) is 42.4 Å². The maximum atomic E-state index is 13.5. The van der Waals surface area contributed by atoms with E-state index in [1.165, 1.54) is 32.0 Å². The molecule has 164 valence electrons. The average Bonchev–Trinajstić information content (AvgIpc) is 2.76. The predicted octanol–water partition coefficient (Wildman–Crippen LogP) is 4.20. The van der Waals surface area contributed by atoms with Crippen LogP contribution in [0.2, 0.25) is 0 Å². The van der Waals surface area contributed by atoms with Gasteiger partial charge in [0.1, 0.15) is 11.7 Å². The second-order valence-electron chi connectivity index (χ2n) is 8.78. The lowest BCUT2D eigenvalue weighted by Crippen LogP contribution is -2.35. The topological polar surface area (TPSA) is 52.6 Å². The van der Waals surface area contributed by atoms with E-state index in [9.17, 15) is 4.39 Å². The molecular weight excluding hydrogens is 389 g/mol. The molecule has 2 N–H and O–H groups in total. The minimum Gasteiger partial charge on any atom is -0.344 e. The van der Waals surface area contributed by atoms with Gasteiger partial charge in [-0.3, -0.25) is 4.98 Å². The van der Waals surface area contributed by atoms with E-state index in [-0.39, 0.29) is 5.82 Å². The summed E-state index contributed by atoms with van der Waals surface area (Å²) in [5.41, 5.74) is 5.51. The summed E-state index contributed by atoms with van der Waals surface area (Å²) in [4.78, 5) is 11.9. The molecule has 2 aromatic rings. The Hall–Kier alpha value is -2.57. The van der Waals surface area contributed by atoms with E-state index >= 15 is 0 Å². The second kappa shape index (κ2) is 9.71. The number of pyridine rings is 1. The molecule has 1 saturated heterocycles. The number of fused-ring (bicyclic) bond motifs is 1. The summed E-state index contributed by atoms with van der Waals surface area (Å²) in [6.07, 6.45) is 5.85. The molecule has 4 rings (SSSR count). The Balaban J connectivity index is 1.41. The number of likely N-dealkylation sites (tertiary alicyclic amines) is 1. The number of piperidine rings is 1. The molecule has 2 aliphatic rings. The lowest BCUT2D eigenvalue weighted by Gasteiger charge is -2.29. The number of rotatable bonds is 7. The Morgan fingerprint density at radius 3 is 2.81 bits per heavy atom. The van der Waals surface area contributed by atoms with Crippen LogP contribution < -0.4 is 10.6 Å². The highest BCUT2D eigenvalue weighted by molar-refractivity contribution is 5.98. The van der Waals surface area contributed by atoms with Crippen LogP contribution in [0.5, 0.6) is 0 Å². The van der Waals surface area contributed by atoms with Gasteiger partial charge in [0.05, 0.1) is 11.4 Å². The molecule has 3 heterocycles. The molecule has 0 bridgehead atoms. The van der Waals surface area contributed by atoms with E-state index in [1.54, 1.807) is 6.92 Å². The van der Waals surface area contributed by atoms with Crippen molar-refractivity contribution < 1.29 is 4.39 Å². The molecule has 2 aliphatic heterocycles. The fourth-order valence-electron chi connectivity index (χ4n) is 4.30. The van der Waals surface area contributed by atoms with Gasteiger partial charge in [0, 0.05) is 30.4 Å². The predicted molar refractivity (Wildman–Crippen MR) is 125 cm³/mol. The van der Waals surface area contributed by atoms with Crippen LogP contribution in [0, 0.1) is 18.7 Å². The third kappa shape index (κ3) is 5.38. The maximum absolute atomic E-state index is 13.5. The first-order chi connectivity index (χ1) is 15.0. The van der Waals surface area contributed by atoms with E-state index in [4.69, 9.17) is 4.99 Å². The highest BCUT2D eigenvalue weighted by Crippen LogP contribution is 2.31. The number of amidine groups is 1. The third-order valence-corrected chi connectivity index (χ3v) is 6.30. The van der Waals surface area contributed by atoms with Gasteiger partial charge in [0.2, 0.25) is 0 Å². The molecule has 6 heteroatoms. The number of aromatic nitrogens is 1. The smallest absolute Gasteiger partial charge is 0.126 e. The standard InChI is InChI=1S/C25H32FN5/c1-17-14-19(4-6-22(17)26)5-7-24-29-18(2)21-8-11-28-23(25(21)30-24)16-27-15-20-9-12-31(3)13-10-20/h4,6,8,11,14,20,27H,2,5,7,9-10,12-13,15-16H2,1,3H3,(H,29,30). The molecule has 1 aromatic heterocycles. The summed E-state index contributed by atoms with van der Waals surface area (Å²) in [6.45, 7) is 10.1. The van der Waals surface area contributed by atoms with Crippen molar-refractivity contribution in [1.29, 1.82) is 0 Å². The van der Waals surface area contributed by atoms with Crippen molar-refractivity contribution in [2.45, 2.75) is 39.2 Å². The van der Waals surface area contributed by atoms with Gasteiger partial charge in [-0.1, -0.05) is 18.7 Å². The summed E-state index contributed by atoms with van der Waals surface area (Å²) < 4.78 is 13.5. The van der Waals surface area contributed by atoms with Crippen molar-refractivity contribution in [3.8, 4) is 0 Å². The average molecular weight is 422 g/mol. The first-order valence-corrected chi connectivity index (χ1v) is 11.2. The fourth-order valence-corrected chi connectivity index (χ4v) is 4.30. The first-order valence-electron chi connectivity index (χ1n) is 11.2. The number of hydrogen-bond acceptors (Lipinski definition) is 5. The molecule has 1 fully saturated rings. The lowest BCUT2D eigenvalue weighted by atomic mass is 9.97. The Labute approximate surface area is 184 Å². The van der Waals surface area contributed by atoms with Gasteiger partial charge in [0.15, 0.2) is 0 Å². The van der Waals surface area contributed by atoms with Crippen LogP contribution in [0.15, 0.2) is 42.0 Å². The van der Waals surface area contributed by atoms with Gasteiger partial charge < -0.3 is 15.5 Å². The van der Waals surface area contributed by atoms with E-state index in [0.717, 1.165) is 59.3 Å². The zero-order valence-electron chi connectivity index (χ0n) is 18.5. The molecule has 0 atom stereocenters. The van der Waals surface area contributed by atoms with Crippen LogP contribution in [-0.2, 0) is 13.0 Å². The largest absolute Gasteiger partial charge is 0.344 e. The number of benzene rings is 1. The Bertz CT molecular complexity index is 976. The summed E-state index contributed by atoms with van der Waals surface area (Å²) in [5.74, 6) is 1.44. The molecule has 0 radical (unpaired) electrons. The SMILES string of the molecule is C=C1NC(CCc2ccc(F)c(C)c2)=Nc2c1ccnc2CNCC1CCN(C)CC1. The van der Waals surface area contributed by atoms with E-state index < -0.39 is 0 Å². The molecule has 0 unspecified atom stereocenters. The lowest BCUT2D eigenvalue weighted by molar-refractivity contribution is 0.216. The van der Waals surface area contributed by atoms with Gasteiger partial charge in [-0.25, -0.2) is 9.38 Å². The molecule has 0 saturated carbocycles. The van der Waals surface area contributed by atoms with Crippen LogP contribution in [0.4, 0.5) is 10.1 Å². The number of aliphatic imine (C=N–C) groups is 1. The van der Waals surface area contributed by atoms with Crippen molar-refractivity contribution in [3.63, 3.8) is 0 Å². The van der Waals surface area contributed by atoms with Crippen molar-refractivity contribution >= 4 is 17.2 Å². The van der Waals surface area contributed by atoms with Gasteiger partial charge in [-0.2, -0.15) is 0 Å². The van der Waals surface area contributed by atoms with Gasteiger partial charge in [-0.15, -0.1) is 0 Å². The van der Waals surface area contributed by atoms with E-state index in [2.05, 4.69) is 34.1 Å².